The Labute approximate surface area is 133 Å². The van der Waals surface area contributed by atoms with E-state index in [1.807, 2.05) is 24.3 Å². The number of ether oxygens (including phenoxy) is 1. The zero-order chi connectivity index (χ0) is 15.1. The Hall–Kier alpha value is -1.33. The number of aromatic amines is 1. The quantitative estimate of drug-likeness (QED) is 0.708. The number of carbonyl (C=O) groups is 1. The van der Waals surface area contributed by atoms with Crippen molar-refractivity contribution < 1.29 is 9.53 Å². The predicted octanol–water partition coefficient (Wildman–Crippen LogP) is 3.87. The summed E-state index contributed by atoms with van der Waals surface area (Å²) < 4.78 is 6.45. The van der Waals surface area contributed by atoms with Crippen molar-refractivity contribution in [2.75, 3.05) is 19.8 Å². The summed E-state index contributed by atoms with van der Waals surface area (Å²) in [6.45, 7) is 4.27. The summed E-state index contributed by atoms with van der Waals surface area (Å²) in [6, 6.07) is 7.78. The monoisotopic (exact) mass is 352 g/mol. The molecule has 0 saturated carbocycles. The van der Waals surface area contributed by atoms with E-state index in [0.29, 0.717) is 18.8 Å². The SMILES string of the molecule is CCCCOCCCNC(=O)c1cc2ccc(Br)cc2[nH]1. The van der Waals surface area contributed by atoms with Crippen LogP contribution in [0.15, 0.2) is 28.7 Å². The van der Waals surface area contributed by atoms with Gasteiger partial charge in [-0.15, -0.1) is 0 Å². The van der Waals surface area contributed by atoms with Crippen LogP contribution in [0.25, 0.3) is 10.9 Å². The maximum Gasteiger partial charge on any atom is 0.267 e. The molecule has 2 aromatic rings. The Kier molecular flexibility index (Phi) is 6.26. The fourth-order valence-corrected chi connectivity index (χ4v) is 2.40. The molecule has 0 atom stereocenters. The van der Waals surface area contributed by atoms with E-state index < -0.39 is 0 Å². The van der Waals surface area contributed by atoms with Gasteiger partial charge in [0, 0.05) is 35.1 Å². The lowest BCUT2D eigenvalue weighted by atomic mass is 10.2. The molecule has 1 heterocycles. The van der Waals surface area contributed by atoms with Crippen LogP contribution in [0.1, 0.15) is 36.7 Å². The van der Waals surface area contributed by atoms with Gasteiger partial charge in [0.1, 0.15) is 5.69 Å². The standard InChI is InChI=1S/C16H21BrN2O2/c1-2-3-8-21-9-4-7-18-16(20)15-10-12-5-6-13(17)11-14(12)19-15/h5-6,10-11,19H,2-4,7-9H2,1H3,(H,18,20). The highest BCUT2D eigenvalue weighted by molar-refractivity contribution is 9.10. The lowest BCUT2D eigenvalue weighted by Gasteiger charge is -2.04. The first kappa shape index (κ1) is 16.0. The molecule has 0 aliphatic carbocycles. The molecule has 0 unspecified atom stereocenters. The Balaban J connectivity index is 1.77. The molecule has 5 heteroatoms. The smallest absolute Gasteiger partial charge is 0.267 e. The van der Waals surface area contributed by atoms with Crippen molar-refractivity contribution >= 4 is 32.7 Å². The first-order valence-corrected chi connectivity index (χ1v) is 8.14. The van der Waals surface area contributed by atoms with Crippen LogP contribution in [0.5, 0.6) is 0 Å². The molecular weight excluding hydrogens is 332 g/mol. The first-order valence-electron chi connectivity index (χ1n) is 7.35. The largest absolute Gasteiger partial charge is 0.381 e. The van der Waals surface area contributed by atoms with Crippen LogP contribution in [-0.4, -0.2) is 30.6 Å². The molecule has 0 fully saturated rings. The number of carbonyl (C=O) groups excluding carboxylic acids is 1. The summed E-state index contributed by atoms with van der Waals surface area (Å²) in [6.07, 6.45) is 3.07. The first-order chi connectivity index (χ1) is 10.2. The molecule has 0 aliphatic heterocycles. The maximum atomic E-state index is 12.0. The minimum absolute atomic E-state index is 0.0733. The second-order valence-electron chi connectivity index (χ2n) is 4.99. The van der Waals surface area contributed by atoms with Gasteiger partial charge in [0.05, 0.1) is 0 Å². The number of rotatable bonds is 8. The van der Waals surface area contributed by atoms with E-state index in [0.717, 1.165) is 41.2 Å². The highest BCUT2D eigenvalue weighted by atomic mass is 79.9. The molecular formula is C16H21BrN2O2. The maximum absolute atomic E-state index is 12.0. The van der Waals surface area contributed by atoms with Crippen LogP contribution in [0.3, 0.4) is 0 Å². The summed E-state index contributed by atoms with van der Waals surface area (Å²) in [5.74, 6) is -0.0733. The van der Waals surface area contributed by atoms with Gasteiger partial charge in [-0.2, -0.15) is 0 Å². The van der Waals surface area contributed by atoms with Crippen LogP contribution < -0.4 is 5.32 Å². The van der Waals surface area contributed by atoms with E-state index >= 15 is 0 Å². The third-order valence-electron chi connectivity index (χ3n) is 3.22. The van der Waals surface area contributed by atoms with Gasteiger partial charge in [-0.05, 0) is 31.0 Å². The number of amides is 1. The highest BCUT2D eigenvalue weighted by Gasteiger charge is 2.08. The minimum atomic E-state index is -0.0733. The van der Waals surface area contributed by atoms with Crippen molar-refractivity contribution in [3.63, 3.8) is 0 Å². The summed E-state index contributed by atoms with van der Waals surface area (Å²) >= 11 is 3.42. The Morgan fingerprint density at radius 3 is 2.90 bits per heavy atom. The number of halogens is 1. The number of hydrogen-bond donors (Lipinski definition) is 2. The lowest BCUT2D eigenvalue weighted by Crippen LogP contribution is -2.25. The average Bonchev–Trinajstić information content (AvgIpc) is 2.89. The number of unbranched alkanes of at least 4 members (excludes halogenated alkanes) is 1. The average molecular weight is 353 g/mol. The molecule has 0 aliphatic rings. The molecule has 0 spiro atoms. The van der Waals surface area contributed by atoms with Crippen molar-refractivity contribution in [2.24, 2.45) is 0 Å². The van der Waals surface area contributed by atoms with Crippen LogP contribution in [0.4, 0.5) is 0 Å². The van der Waals surface area contributed by atoms with Crippen molar-refractivity contribution in [3.8, 4) is 0 Å². The van der Waals surface area contributed by atoms with Gasteiger partial charge in [-0.1, -0.05) is 35.3 Å². The van der Waals surface area contributed by atoms with Gasteiger partial charge >= 0.3 is 0 Å². The number of nitrogens with one attached hydrogen (secondary N) is 2. The van der Waals surface area contributed by atoms with Crippen LogP contribution >= 0.6 is 15.9 Å². The van der Waals surface area contributed by atoms with Gasteiger partial charge < -0.3 is 15.0 Å². The third-order valence-corrected chi connectivity index (χ3v) is 3.72. The van der Waals surface area contributed by atoms with Gasteiger partial charge in [0.25, 0.3) is 5.91 Å². The van der Waals surface area contributed by atoms with E-state index in [1.165, 1.54) is 0 Å². The van der Waals surface area contributed by atoms with Gasteiger partial charge in [-0.25, -0.2) is 0 Å². The normalized spacial score (nSPS) is 11.0. The molecule has 1 amide bonds. The molecule has 0 saturated heterocycles. The fourth-order valence-electron chi connectivity index (χ4n) is 2.04. The number of aromatic nitrogens is 1. The molecule has 2 rings (SSSR count). The number of benzene rings is 1. The fraction of sp³-hybridized carbons (Fsp3) is 0.438. The number of hydrogen-bond acceptors (Lipinski definition) is 2. The van der Waals surface area contributed by atoms with E-state index in [2.05, 4.69) is 33.2 Å². The van der Waals surface area contributed by atoms with Crippen LogP contribution in [-0.2, 0) is 4.74 Å². The number of fused-ring (bicyclic) bond motifs is 1. The second kappa shape index (κ2) is 8.20. The van der Waals surface area contributed by atoms with Crippen molar-refractivity contribution in [1.29, 1.82) is 0 Å². The summed E-state index contributed by atoms with van der Waals surface area (Å²) in [5.41, 5.74) is 1.55. The molecule has 4 nitrogen and oxygen atoms in total. The third kappa shape index (κ3) is 4.86. The van der Waals surface area contributed by atoms with Crippen LogP contribution in [0.2, 0.25) is 0 Å². The van der Waals surface area contributed by atoms with Gasteiger partial charge in [0.15, 0.2) is 0 Å². The molecule has 114 valence electrons. The minimum Gasteiger partial charge on any atom is -0.381 e. The molecule has 0 bridgehead atoms. The molecule has 21 heavy (non-hydrogen) atoms. The Morgan fingerprint density at radius 1 is 1.29 bits per heavy atom. The zero-order valence-electron chi connectivity index (χ0n) is 12.2. The molecule has 1 aromatic carbocycles. The highest BCUT2D eigenvalue weighted by Crippen LogP contribution is 2.20. The van der Waals surface area contributed by atoms with Crippen molar-refractivity contribution in [2.45, 2.75) is 26.2 Å². The van der Waals surface area contributed by atoms with E-state index in [-0.39, 0.29) is 5.91 Å². The summed E-state index contributed by atoms with van der Waals surface area (Å²) in [4.78, 5) is 15.2. The molecule has 2 N–H and O–H groups in total. The van der Waals surface area contributed by atoms with E-state index in [4.69, 9.17) is 4.74 Å². The zero-order valence-corrected chi connectivity index (χ0v) is 13.8. The van der Waals surface area contributed by atoms with Crippen molar-refractivity contribution in [3.05, 3.63) is 34.4 Å². The Bertz CT molecular complexity index is 595. The van der Waals surface area contributed by atoms with E-state index in [9.17, 15) is 4.79 Å². The van der Waals surface area contributed by atoms with Gasteiger partial charge in [-0.3, -0.25) is 4.79 Å². The second-order valence-corrected chi connectivity index (χ2v) is 5.91. The van der Waals surface area contributed by atoms with Crippen LogP contribution in [0, 0.1) is 0 Å². The van der Waals surface area contributed by atoms with Crippen molar-refractivity contribution in [1.82, 2.24) is 10.3 Å². The van der Waals surface area contributed by atoms with Gasteiger partial charge in [0.2, 0.25) is 0 Å². The Morgan fingerprint density at radius 2 is 2.10 bits per heavy atom. The number of H-pyrrole nitrogens is 1. The predicted molar refractivity (Wildman–Crippen MR) is 88.7 cm³/mol. The molecule has 0 radical (unpaired) electrons. The topological polar surface area (TPSA) is 54.1 Å². The lowest BCUT2D eigenvalue weighted by molar-refractivity contribution is 0.0936. The van der Waals surface area contributed by atoms with E-state index in [1.54, 1.807) is 0 Å². The summed E-state index contributed by atoms with van der Waals surface area (Å²) in [5, 5.41) is 3.94. The molecule has 1 aromatic heterocycles. The summed E-state index contributed by atoms with van der Waals surface area (Å²) in [7, 11) is 0.